The van der Waals surface area contributed by atoms with Gasteiger partial charge in [-0.05, 0) is 25.1 Å². The number of nitrogens with one attached hydrogen (secondary N) is 2. The molecule has 3 rings (SSSR count). The van der Waals surface area contributed by atoms with Crippen molar-refractivity contribution >= 4 is 22.5 Å². The third kappa shape index (κ3) is 2.67. The second-order valence-corrected chi connectivity index (χ2v) is 4.73. The highest BCUT2D eigenvalue weighted by atomic mass is 16.2. The van der Waals surface area contributed by atoms with Crippen LogP contribution in [-0.2, 0) is 0 Å². The van der Waals surface area contributed by atoms with Crippen molar-refractivity contribution in [1.82, 2.24) is 9.97 Å². The Labute approximate surface area is 120 Å². The highest BCUT2D eigenvalue weighted by Gasteiger charge is 2.09. The smallest absolute Gasteiger partial charge is 0.255 e. The molecule has 21 heavy (non-hydrogen) atoms. The molecule has 0 bridgehead atoms. The van der Waals surface area contributed by atoms with Crippen molar-refractivity contribution in [2.75, 3.05) is 5.32 Å². The van der Waals surface area contributed by atoms with Gasteiger partial charge in [0.15, 0.2) is 0 Å². The Bertz CT molecular complexity index is 884. The summed E-state index contributed by atoms with van der Waals surface area (Å²) in [6.07, 6.45) is 1.45. The molecule has 0 atom stereocenters. The lowest BCUT2D eigenvalue weighted by Crippen LogP contribution is -2.15. The lowest BCUT2D eigenvalue weighted by molar-refractivity contribution is 0.102. The van der Waals surface area contributed by atoms with Crippen molar-refractivity contribution < 1.29 is 4.79 Å². The van der Waals surface area contributed by atoms with Gasteiger partial charge < -0.3 is 10.3 Å². The summed E-state index contributed by atoms with van der Waals surface area (Å²) < 4.78 is 0. The fourth-order valence-corrected chi connectivity index (χ4v) is 2.13. The maximum atomic E-state index is 12.2. The van der Waals surface area contributed by atoms with E-state index in [2.05, 4.69) is 15.3 Å². The summed E-state index contributed by atoms with van der Waals surface area (Å²) in [5.74, 6) is -0.336. The number of H-pyrrole nitrogens is 1. The van der Waals surface area contributed by atoms with Crippen LogP contribution in [0.2, 0.25) is 0 Å². The van der Waals surface area contributed by atoms with Gasteiger partial charge in [-0.25, -0.2) is 0 Å². The molecule has 104 valence electrons. The summed E-state index contributed by atoms with van der Waals surface area (Å²) in [4.78, 5) is 30.4. The average Bonchev–Trinajstić information content (AvgIpc) is 2.48. The first kappa shape index (κ1) is 13.1. The van der Waals surface area contributed by atoms with Crippen molar-refractivity contribution in [3.8, 4) is 0 Å². The molecule has 0 saturated carbocycles. The van der Waals surface area contributed by atoms with Gasteiger partial charge in [-0.2, -0.15) is 0 Å². The number of carbonyl (C=O) groups is 1. The number of benzene rings is 1. The first-order valence-corrected chi connectivity index (χ1v) is 6.50. The highest BCUT2D eigenvalue weighted by molar-refractivity contribution is 6.08. The topological polar surface area (TPSA) is 74.8 Å². The lowest BCUT2D eigenvalue weighted by atomic mass is 10.1. The van der Waals surface area contributed by atoms with Gasteiger partial charge in [0, 0.05) is 28.9 Å². The van der Waals surface area contributed by atoms with Crippen LogP contribution < -0.4 is 10.9 Å². The fourth-order valence-electron chi connectivity index (χ4n) is 2.13. The molecule has 0 fully saturated rings. The monoisotopic (exact) mass is 279 g/mol. The maximum absolute atomic E-state index is 12.2. The lowest BCUT2D eigenvalue weighted by Gasteiger charge is -2.08. The molecule has 0 spiro atoms. The fraction of sp³-hybridized carbons (Fsp3) is 0.0625. The Kier molecular flexibility index (Phi) is 3.23. The molecule has 0 aliphatic heterocycles. The molecule has 2 N–H and O–H groups in total. The molecule has 5 nitrogen and oxygen atoms in total. The zero-order valence-electron chi connectivity index (χ0n) is 11.4. The molecule has 0 aliphatic carbocycles. The first-order chi connectivity index (χ1) is 10.1. The zero-order chi connectivity index (χ0) is 14.8. The van der Waals surface area contributed by atoms with Crippen LogP contribution in [0.5, 0.6) is 0 Å². The minimum Gasteiger partial charge on any atom is -0.329 e. The first-order valence-electron chi connectivity index (χ1n) is 6.50. The number of hydrogen-bond donors (Lipinski definition) is 2. The van der Waals surface area contributed by atoms with E-state index in [1.807, 2.05) is 31.2 Å². The van der Waals surface area contributed by atoms with Crippen LogP contribution in [0.25, 0.3) is 10.9 Å². The minimum absolute atomic E-state index is 0.309. The highest BCUT2D eigenvalue weighted by Crippen LogP contribution is 2.22. The number of fused-ring (bicyclic) bond motifs is 1. The summed E-state index contributed by atoms with van der Waals surface area (Å²) in [6, 6.07) is 12.3. The third-order valence-corrected chi connectivity index (χ3v) is 3.14. The Morgan fingerprint density at radius 1 is 1.19 bits per heavy atom. The SMILES string of the molecule is Cc1ccc2cccc(NC(=O)c3cc[nH]c(=O)c3)c2n1. The molecule has 0 radical (unpaired) electrons. The van der Waals surface area contributed by atoms with Gasteiger partial charge in [0.05, 0.1) is 11.2 Å². The molecular weight excluding hydrogens is 266 g/mol. The number of para-hydroxylation sites is 1. The molecular formula is C16H13N3O2. The molecule has 2 aromatic heterocycles. The van der Waals surface area contributed by atoms with Gasteiger partial charge in [-0.3, -0.25) is 14.6 Å². The second kappa shape index (κ2) is 5.20. The van der Waals surface area contributed by atoms with E-state index in [4.69, 9.17) is 0 Å². The number of hydrogen-bond acceptors (Lipinski definition) is 3. The number of amides is 1. The quantitative estimate of drug-likeness (QED) is 0.756. The van der Waals surface area contributed by atoms with Crippen LogP contribution in [0, 0.1) is 6.92 Å². The standard InChI is InChI=1S/C16H13N3O2/c1-10-5-6-11-3-2-4-13(15(11)18-10)19-16(21)12-7-8-17-14(20)9-12/h2-9H,1H3,(H,17,20)(H,19,21). The van der Waals surface area contributed by atoms with Crippen LogP contribution in [0.15, 0.2) is 53.5 Å². The Hall–Kier alpha value is -2.95. The summed E-state index contributed by atoms with van der Waals surface area (Å²) in [5.41, 5.74) is 2.23. The number of aromatic amines is 1. The predicted octanol–water partition coefficient (Wildman–Crippen LogP) is 2.48. The van der Waals surface area contributed by atoms with Gasteiger partial charge in [0.25, 0.3) is 5.91 Å². The van der Waals surface area contributed by atoms with Gasteiger partial charge in [-0.1, -0.05) is 18.2 Å². The van der Waals surface area contributed by atoms with Crippen LogP contribution >= 0.6 is 0 Å². The number of rotatable bonds is 2. The van der Waals surface area contributed by atoms with E-state index in [-0.39, 0.29) is 11.5 Å². The number of carbonyl (C=O) groups excluding carboxylic acids is 1. The number of anilines is 1. The largest absolute Gasteiger partial charge is 0.329 e. The van der Waals surface area contributed by atoms with Gasteiger partial charge in [0.1, 0.15) is 0 Å². The number of aryl methyl sites for hydroxylation is 1. The second-order valence-electron chi connectivity index (χ2n) is 4.73. The van der Waals surface area contributed by atoms with E-state index in [1.54, 1.807) is 12.1 Å². The summed E-state index contributed by atoms with van der Waals surface area (Å²) in [6.45, 7) is 1.90. The minimum atomic E-state index is -0.336. The Balaban J connectivity index is 2.00. The van der Waals surface area contributed by atoms with E-state index >= 15 is 0 Å². The molecule has 0 unspecified atom stereocenters. The third-order valence-electron chi connectivity index (χ3n) is 3.14. The molecule has 2 heterocycles. The van der Waals surface area contributed by atoms with E-state index in [1.165, 1.54) is 12.3 Å². The van der Waals surface area contributed by atoms with Gasteiger partial charge in [0.2, 0.25) is 5.56 Å². The molecule has 1 amide bonds. The number of pyridine rings is 2. The van der Waals surface area contributed by atoms with E-state index in [0.717, 1.165) is 16.6 Å². The molecule has 0 saturated heterocycles. The summed E-state index contributed by atoms with van der Waals surface area (Å²) in [5, 5.41) is 3.75. The normalized spacial score (nSPS) is 10.5. The van der Waals surface area contributed by atoms with Gasteiger partial charge >= 0.3 is 0 Å². The van der Waals surface area contributed by atoms with Crippen LogP contribution in [0.3, 0.4) is 0 Å². The van der Waals surface area contributed by atoms with Crippen molar-refractivity contribution in [2.45, 2.75) is 6.92 Å². The van der Waals surface area contributed by atoms with E-state index in [9.17, 15) is 9.59 Å². The molecule has 0 aliphatic rings. The Morgan fingerprint density at radius 3 is 2.86 bits per heavy atom. The van der Waals surface area contributed by atoms with E-state index < -0.39 is 0 Å². The van der Waals surface area contributed by atoms with Crippen LogP contribution in [0.4, 0.5) is 5.69 Å². The summed E-state index contributed by atoms with van der Waals surface area (Å²) in [7, 11) is 0. The van der Waals surface area contributed by atoms with Gasteiger partial charge in [-0.15, -0.1) is 0 Å². The molecule has 5 heteroatoms. The number of aromatic nitrogens is 2. The zero-order valence-corrected chi connectivity index (χ0v) is 11.4. The maximum Gasteiger partial charge on any atom is 0.255 e. The Morgan fingerprint density at radius 2 is 2.05 bits per heavy atom. The number of nitrogens with zero attached hydrogens (tertiary/aromatic N) is 1. The van der Waals surface area contributed by atoms with Crippen molar-refractivity contribution in [3.05, 3.63) is 70.3 Å². The average molecular weight is 279 g/mol. The van der Waals surface area contributed by atoms with Crippen LogP contribution in [-0.4, -0.2) is 15.9 Å². The molecule has 1 aromatic carbocycles. The van der Waals surface area contributed by atoms with Crippen molar-refractivity contribution in [2.24, 2.45) is 0 Å². The summed E-state index contributed by atoms with van der Waals surface area (Å²) >= 11 is 0. The van der Waals surface area contributed by atoms with Crippen LogP contribution in [0.1, 0.15) is 16.1 Å². The van der Waals surface area contributed by atoms with Crippen molar-refractivity contribution in [3.63, 3.8) is 0 Å². The van der Waals surface area contributed by atoms with E-state index in [0.29, 0.717) is 11.3 Å². The predicted molar refractivity (Wildman–Crippen MR) is 81.5 cm³/mol. The van der Waals surface area contributed by atoms with Crippen molar-refractivity contribution in [1.29, 1.82) is 0 Å². The molecule has 3 aromatic rings.